The topological polar surface area (TPSA) is 66.4 Å². The Balaban J connectivity index is 2.68. The van der Waals surface area contributed by atoms with Crippen molar-refractivity contribution in [2.75, 3.05) is 12.0 Å². The number of hydrogen-bond acceptors (Lipinski definition) is 5. The molecule has 0 saturated carbocycles. The van der Waals surface area contributed by atoms with Crippen LogP contribution in [0.3, 0.4) is 0 Å². The van der Waals surface area contributed by atoms with Gasteiger partial charge in [0.25, 0.3) is 0 Å². The zero-order valence-corrected chi connectivity index (χ0v) is 12.3. The number of aliphatic hydroxyl groups excluding tert-OH is 1. The Morgan fingerprint density at radius 1 is 1.59 bits per heavy atom. The zero-order chi connectivity index (χ0) is 12.9. The normalized spacial score (nSPS) is 13.8. The average Bonchev–Trinajstić information content (AvgIpc) is 2.75. The Morgan fingerprint density at radius 2 is 2.29 bits per heavy atom. The number of rotatable bonds is 7. The Labute approximate surface area is 110 Å². The van der Waals surface area contributed by atoms with Crippen molar-refractivity contribution in [2.24, 2.45) is 0 Å². The number of sulfonamides is 1. The summed E-state index contributed by atoms with van der Waals surface area (Å²) in [5.74, 6) is 0.927. The highest BCUT2D eigenvalue weighted by Gasteiger charge is 2.19. The number of thioether (sulfide) groups is 1. The van der Waals surface area contributed by atoms with E-state index >= 15 is 0 Å². The van der Waals surface area contributed by atoms with Gasteiger partial charge >= 0.3 is 0 Å². The van der Waals surface area contributed by atoms with Gasteiger partial charge in [0.05, 0.1) is 6.61 Å². The first-order valence-electron chi connectivity index (χ1n) is 5.19. The maximum atomic E-state index is 11.9. The molecule has 4 nitrogen and oxygen atoms in total. The van der Waals surface area contributed by atoms with Gasteiger partial charge in [0.2, 0.25) is 10.0 Å². The quantitative estimate of drug-likeness (QED) is 0.803. The summed E-state index contributed by atoms with van der Waals surface area (Å²) in [5.41, 5.74) is 0.632. The van der Waals surface area contributed by atoms with Crippen molar-refractivity contribution < 1.29 is 13.5 Å². The van der Waals surface area contributed by atoms with Crippen molar-refractivity contribution in [1.29, 1.82) is 0 Å². The molecule has 1 aromatic rings. The van der Waals surface area contributed by atoms with Crippen LogP contribution in [0.1, 0.15) is 18.9 Å². The van der Waals surface area contributed by atoms with Gasteiger partial charge < -0.3 is 5.11 Å². The number of aliphatic hydroxyl groups is 1. The lowest BCUT2D eigenvalue weighted by molar-refractivity contribution is 0.282. The number of nitrogens with one attached hydrogen (secondary N) is 1. The lowest BCUT2D eigenvalue weighted by Gasteiger charge is -2.12. The van der Waals surface area contributed by atoms with Gasteiger partial charge in [-0.05, 0) is 42.4 Å². The van der Waals surface area contributed by atoms with Crippen LogP contribution in [0.2, 0.25) is 0 Å². The molecule has 0 spiro atoms. The first-order chi connectivity index (χ1) is 7.99. The van der Waals surface area contributed by atoms with Crippen LogP contribution in [0.25, 0.3) is 0 Å². The van der Waals surface area contributed by atoms with E-state index < -0.39 is 10.0 Å². The fraction of sp³-hybridized carbons (Fsp3) is 0.600. The summed E-state index contributed by atoms with van der Waals surface area (Å²) in [6.07, 6.45) is 2.80. The molecule has 17 heavy (non-hydrogen) atoms. The van der Waals surface area contributed by atoms with Gasteiger partial charge in [0, 0.05) is 6.04 Å². The van der Waals surface area contributed by atoms with Gasteiger partial charge in [-0.3, -0.25) is 0 Å². The summed E-state index contributed by atoms with van der Waals surface area (Å²) >= 11 is 2.83. The molecule has 1 aromatic heterocycles. The van der Waals surface area contributed by atoms with Gasteiger partial charge in [-0.1, -0.05) is 0 Å². The molecule has 1 rings (SSSR count). The molecule has 0 radical (unpaired) electrons. The van der Waals surface area contributed by atoms with Crippen molar-refractivity contribution in [2.45, 2.75) is 30.2 Å². The summed E-state index contributed by atoms with van der Waals surface area (Å²) in [6.45, 7) is 1.72. The monoisotopic (exact) mass is 295 g/mol. The summed E-state index contributed by atoms with van der Waals surface area (Å²) in [7, 11) is -3.43. The van der Waals surface area contributed by atoms with E-state index in [1.807, 2.05) is 13.2 Å². The Kier molecular flexibility index (Phi) is 5.94. The van der Waals surface area contributed by atoms with Crippen LogP contribution in [-0.2, 0) is 16.6 Å². The number of thiophene rings is 1. The lowest BCUT2D eigenvalue weighted by Crippen LogP contribution is -2.32. The smallest absolute Gasteiger partial charge is 0.250 e. The van der Waals surface area contributed by atoms with Gasteiger partial charge in [0.1, 0.15) is 4.21 Å². The van der Waals surface area contributed by atoms with Crippen LogP contribution < -0.4 is 4.72 Å². The molecule has 98 valence electrons. The summed E-state index contributed by atoms with van der Waals surface area (Å²) in [6, 6.07) is 1.43. The van der Waals surface area contributed by atoms with Crippen LogP contribution in [0.5, 0.6) is 0 Å². The second kappa shape index (κ2) is 6.75. The molecule has 0 fully saturated rings. The van der Waals surface area contributed by atoms with E-state index in [9.17, 15) is 8.42 Å². The van der Waals surface area contributed by atoms with Crippen LogP contribution in [0.4, 0.5) is 0 Å². The highest BCUT2D eigenvalue weighted by molar-refractivity contribution is 7.98. The minimum Gasteiger partial charge on any atom is -0.392 e. The van der Waals surface area contributed by atoms with Crippen molar-refractivity contribution in [3.63, 3.8) is 0 Å². The molecule has 0 aliphatic rings. The van der Waals surface area contributed by atoms with E-state index in [0.717, 1.165) is 23.5 Å². The molecule has 7 heteroatoms. The minimum atomic E-state index is -3.43. The number of hydrogen-bond donors (Lipinski definition) is 2. The molecule has 0 saturated heterocycles. The first kappa shape index (κ1) is 15.0. The highest BCUT2D eigenvalue weighted by atomic mass is 32.2. The van der Waals surface area contributed by atoms with Crippen LogP contribution in [-0.4, -0.2) is 31.6 Å². The molecule has 1 atom stereocenters. The predicted octanol–water partition coefficient (Wildman–Crippen LogP) is 1.66. The third kappa shape index (κ3) is 4.59. The van der Waals surface area contributed by atoms with Crippen molar-refractivity contribution in [3.8, 4) is 0 Å². The van der Waals surface area contributed by atoms with Gasteiger partial charge in [-0.25, -0.2) is 13.1 Å². The van der Waals surface area contributed by atoms with E-state index in [4.69, 9.17) is 5.11 Å². The van der Waals surface area contributed by atoms with Gasteiger partial charge in [-0.2, -0.15) is 11.8 Å². The third-order valence-corrected chi connectivity index (χ3v) is 5.91. The second-order valence-corrected chi connectivity index (χ2v) is 7.57. The molecule has 1 heterocycles. The maximum absolute atomic E-state index is 11.9. The molecular formula is C10H17NO3S3. The standard InChI is InChI=1S/C10H17NO3S3/c1-8(3-4-15-2)11-17(13,14)10-5-9(6-12)7-16-10/h5,7-8,11-12H,3-4,6H2,1-2H3. The third-order valence-electron chi connectivity index (χ3n) is 2.19. The fourth-order valence-electron chi connectivity index (χ4n) is 1.25. The average molecular weight is 295 g/mol. The Bertz CT molecular complexity index is 441. The summed E-state index contributed by atoms with van der Waals surface area (Å²) < 4.78 is 26.8. The van der Waals surface area contributed by atoms with Gasteiger partial charge in [-0.15, -0.1) is 11.3 Å². The maximum Gasteiger partial charge on any atom is 0.250 e. The van der Waals surface area contributed by atoms with E-state index in [1.165, 1.54) is 6.07 Å². The van der Waals surface area contributed by atoms with Crippen molar-refractivity contribution >= 4 is 33.1 Å². The largest absolute Gasteiger partial charge is 0.392 e. The molecular weight excluding hydrogens is 278 g/mol. The molecule has 2 N–H and O–H groups in total. The summed E-state index contributed by atoms with van der Waals surface area (Å²) in [5, 5.41) is 10.6. The fourth-order valence-corrected chi connectivity index (χ4v) is 4.34. The first-order valence-corrected chi connectivity index (χ1v) is 8.95. The van der Waals surface area contributed by atoms with E-state index in [2.05, 4.69) is 4.72 Å². The van der Waals surface area contributed by atoms with E-state index in [1.54, 1.807) is 17.1 Å². The molecule has 0 bridgehead atoms. The SMILES string of the molecule is CSCCC(C)NS(=O)(=O)c1cc(CO)cs1. The molecule has 0 aromatic carbocycles. The van der Waals surface area contributed by atoms with Crippen LogP contribution >= 0.6 is 23.1 Å². The molecule has 0 aliphatic carbocycles. The van der Waals surface area contributed by atoms with E-state index in [-0.39, 0.29) is 16.9 Å². The van der Waals surface area contributed by atoms with Crippen molar-refractivity contribution in [3.05, 3.63) is 17.0 Å². The minimum absolute atomic E-state index is 0.0767. The molecule has 0 aliphatic heterocycles. The second-order valence-electron chi connectivity index (χ2n) is 3.74. The highest BCUT2D eigenvalue weighted by Crippen LogP contribution is 2.20. The predicted molar refractivity (Wildman–Crippen MR) is 73.0 cm³/mol. The summed E-state index contributed by atoms with van der Waals surface area (Å²) in [4.78, 5) is 0. The molecule has 1 unspecified atom stereocenters. The van der Waals surface area contributed by atoms with Gasteiger partial charge in [0.15, 0.2) is 0 Å². The lowest BCUT2D eigenvalue weighted by atomic mass is 10.3. The Hall–Kier alpha value is -0.0800. The van der Waals surface area contributed by atoms with Crippen LogP contribution in [0, 0.1) is 0 Å². The van der Waals surface area contributed by atoms with E-state index in [0.29, 0.717) is 5.56 Å². The zero-order valence-electron chi connectivity index (χ0n) is 9.84. The molecule has 0 amide bonds. The Morgan fingerprint density at radius 3 is 2.82 bits per heavy atom. The van der Waals surface area contributed by atoms with Crippen molar-refractivity contribution in [1.82, 2.24) is 4.72 Å². The van der Waals surface area contributed by atoms with Crippen LogP contribution in [0.15, 0.2) is 15.7 Å².